The normalized spacial score (nSPS) is 18.2. The molecule has 1 aromatic rings. The average Bonchev–Trinajstić information content (AvgIpc) is 2.72. The smallest absolute Gasteiger partial charge is 0.122 e. The summed E-state index contributed by atoms with van der Waals surface area (Å²) in [5.74, 6) is 0.939. The van der Waals surface area contributed by atoms with Crippen molar-refractivity contribution in [3.05, 3.63) is 29.3 Å². The fraction of sp³-hybridized carbons (Fsp3) is 0.533. The molecule has 1 aliphatic rings. The summed E-state index contributed by atoms with van der Waals surface area (Å²) < 4.78 is 5.83. The fourth-order valence-electron chi connectivity index (χ4n) is 2.26. The molecule has 2 N–H and O–H groups in total. The van der Waals surface area contributed by atoms with Crippen molar-refractivity contribution < 1.29 is 4.74 Å². The number of rotatable bonds is 4. The van der Waals surface area contributed by atoms with E-state index in [0.717, 1.165) is 25.0 Å². The molecule has 96 valence electrons. The molecule has 1 unspecified atom stereocenters. The Bertz CT molecular complexity index is 474. The molecule has 0 aromatic heterocycles. The molecular formula is C15H20N2O. The lowest BCUT2D eigenvalue weighted by Crippen LogP contribution is -2.13. The Balaban J connectivity index is 2.02. The van der Waals surface area contributed by atoms with Gasteiger partial charge in [0.15, 0.2) is 0 Å². The summed E-state index contributed by atoms with van der Waals surface area (Å²) in [4.78, 5) is 0. The van der Waals surface area contributed by atoms with Crippen molar-refractivity contribution in [3.8, 4) is 11.8 Å². The van der Waals surface area contributed by atoms with Crippen LogP contribution in [0.15, 0.2) is 18.2 Å². The Morgan fingerprint density at radius 1 is 1.50 bits per heavy atom. The average molecular weight is 244 g/mol. The van der Waals surface area contributed by atoms with Gasteiger partial charge in [-0.05, 0) is 50.3 Å². The minimum absolute atomic E-state index is 0.152. The van der Waals surface area contributed by atoms with E-state index in [1.807, 2.05) is 26.0 Å². The van der Waals surface area contributed by atoms with Gasteiger partial charge < -0.3 is 10.5 Å². The lowest BCUT2D eigenvalue weighted by Gasteiger charge is -2.16. The number of hydrogen-bond acceptors (Lipinski definition) is 3. The minimum Gasteiger partial charge on any atom is -0.493 e. The van der Waals surface area contributed by atoms with Crippen LogP contribution < -0.4 is 10.5 Å². The molecule has 0 spiro atoms. The Morgan fingerprint density at radius 3 is 3.00 bits per heavy atom. The number of hydrogen-bond donors (Lipinski definition) is 1. The first kappa shape index (κ1) is 12.9. The highest BCUT2D eigenvalue weighted by Gasteiger charge is 2.22. The van der Waals surface area contributed by atoms with Gasteiger partial charge in [0.1, 0.15) is 5.75 Å². The molecular weight excluding hydrogens is 224 g/mol. The molecule has 1 atom stereocenters. The maximum absolute atomic E-state index is 8.96. The van der Waals surface area contributed by atoms with Crippen LogP contribution in [0.1, 0.15) is 43.9 Å². The number of nitriles is 1. The highest BCUT2D eigenvalue weighted by molar-refractivity contribution is 5.44. The van der Waals surface area contributed by atoms with Crippen LogP contribution in [-0.4, -0.2) is 6.61 Å². The van der Waals surface area contributed by atoms with Crippen LogP contribution in [-0.2, 0) is 6.42 Å². The molecule has 18 heavy (non-hydrogen) atoms. The molecule has 1 aliphatic carbocycles. The van der Waals surface area contributed by atoms with Crippen molar-refractivity contribution in [2.24, 2.45) is 11.1 Å². The third-order valence-corrected chi connectivity index (χ3v) is 3.56. The van der Waals surface area contributed by atoms with E-state index in [2.05, 4.69) is 12.1 Å². The zero-order valence-electron chi connectivity index (χ0n) is 11.1. The van der Waals surface area contributed by atoms with Gasteiger partial charge in [-0.25, -0.2) is 0 Å². The van der Waals surface area contributed by atoms with Gasteiger partial charge in [-0.3, -0.25) is 0 Å². The van der Waals surface area contributed by atoms with Crippen LogP contribution in [0, 0.1) is 16.7 Å². The first-order valence-electron chi connectivity index (χ1n) is 6.45. The summed E-state index contributed by atoms with van der Waals surface area (Å²) in [7, 11) is 0. The Morgan fingerprint density at radius 2 is 2.28 bits per heavy atom. The molecule has 0 aliphatic heterocycles. The third-order valence-electron chi connectivity index (χ3n) is 3.56. The van der Waals surface area contributed by atoms with Crippen LogP contribution in [0.2, 0.25) is 0 Å². The lowest BCUT2D eigenvalue weighted by molar-refractivity contribution is 0.262. The summed E-state index contributed by atoms with van der Waals surface area (Å²) in [5, 5.41) is 8.96. The van der Waals surface area contributed by atoms with Gasteiger partial charge in [0.25, 0.3) is 0 Å². The van der Waals surface area contributed by atoms with E-state index in [4.69, 9.17) is 15.7 Å². The predicted octanol–water partition coefficient (Wildman–Crippen LogP) is 2.95. The maximum atomic E-state index is 8.96. The SMILES string of the molecule is CC(C)(C#N)CCOc1cccc2c1CCC2N. The fourth-order valence-corrected chi connectivity index (χ4v) is 2.26. The molecule has 0 radical (unpaired) electrons. The number of benzene rings is 1. The standard InChI is InChI=1S/C15H20N2O/c1-15(2,10-16)8-9-18-14-5-3-4-11-12(14)6-7-13(11)17/h3-5,13H,6-9,17H2,1-2H3. The molecule has 0 saturated carbocycles. The van der Waals surface area contributed by atoms with Gasteiger partial charge in [0.05, 0.1) is 18.1 Å². The summed E-state index contributed by atoms with van der Waals surface area (Å²) in [6.07, 6.45) is 2.73. The second kappa shape index (κ2) is 4.99. The van der Waals surface area contributed by atoms with Crippen molar-refractivity contribution in [3.63, 3.8) is 0 Å². The monoisotopic (exact) mass is 244 g/mol. The number of nitrogens with two attached hydrogens (primary N) is 1. The molecule has 0 bridgehead atoms. The van der Waals surface area contributed by atoms with Crippen LogP contribution >= 0.6 is 0 Å². The van der Waals surface area contributed by atoms with Crippen molar-refractivity contribution in [1.82, 2.24) is 0 Å². The molecule has 0 fully saturated rings. The molecule has 0 heterocycles. The van der Waals surface area contributed by atoms with Crippen LogP contribution in [0.3, 0.4) is 0 Å². The first-order valence-corrected chi connectivity index (χ1v) is 6.45. The zero-order valence-corrected chi connectivity index (χ0v) is 11.1. The number of fused-ring (bicyclic) bond motifs is 1. The highest BCUT2D eigenvalue weighted by Crippen LogP contribution is 2.35. The van der Waals surface area contributed by atoms with E-state index < -0.39 is 0 Å². The van der Waals surface area contributed by atoms with Crippen LogP contribution in [0.4, 0.5) is 0 Å². The summed E-state index contributed by atoms with van der Waals surface area (Å²) in [6.45, 7) is 4.44. The van der Waals surface area contributed by atoms with E-state index >= 15 is 0 Å². The molecule has 1 aromatic carbocycles. The molecule has 0 amide bonds. The Labute approximate surface area is 109 Å². The van der Waals surface area contributed by atoms with E-state index in [1.165, 1.54) is 11.1 Å². The van der Waals surface area contributed by atoms with Gasteiger partial charge in [-0.1, -0.05) is 12.1 Å². The lowest BCUT2D eigenvalue weighted by atomic mass is 9.92. The predicted molar refractivity (Wildman–Crippen MR) is 71.2 cm³/mol. The highest BCUT2D eigenvalue weighted by atomic mass is 16.5. The zero-order chi connectivity index (χ0) is 13.2. The van der Waals surface area contributed by atoms with E-state index in [0.29, 0.717) is 6.61 Å². The second-order valence-corrected chi connectivity index (χ2v) is 5.56. The third kappa shape index (κ3) is 2.65. The van der Waals surface area contributed by atoms with Gasteiger partial charge >= 0.3 is 0 Å². The molecule has 2 rings (SSSR count). The first-order chi connectivity index (χ1) is 8.53. The summed E-state index contributed by atoms with van der Waals surface area (Å²) in [6, 6.07) is 8.51. The van der Waals surface area contributed by atoms with E-state index in [9.17, 15) is 0 Å². The molecule has 3 nitrogen and oxygen atoms in total. The van der Waals surface area contributed by atoms with Crippen molar-refractivity contribution >= 4 is 0 Å². The van der Waals surface area contributed by atoms with Crippen molar-refractivity contribution in [1.29, 1.82) is 5.26 Å². The van der Waals surface area contributed by atoms with Gasteiger partial charge in [0, 0.05) is 6.04 Å². The Hall–Kier alpha value is -1.53. The number of nitrogens with zero attached hydrogens (tertiary/aromatic N) is 1. The molecule has 3 heteroatoms. The topological polar surface area (TPSA) is 59.0 Å². The second-order valence-electron chi connectivity index (χ2n) is 5.56. The van der Waals surface area contributed by atoms with E-state index in [1.54, 1.807) is 0 Å². The summed E-state index contributed by atoms with van der Waals surface area (Å²) >= 11 is 0. The molecule has 0 saturated heterocycles. The minimum atomic E-state index is -0.325. The van der Waals surface area contributed by atoms with Gasteiger partial charge in [0.2, 0.25) is 0 Å². The van der Waals surface area contributed by atoms with E-state index in [-0.39, 0.29) is 11.5 Å². The Kier molecular flexibility index (Phi) is 3.58. The van der Waals surface area contributed by atoms with Crippen molar-refractivity contribution in [2.45, 2.75) is 39.2 Å². The van der Waals surface area contributed by atoms with Gasteiger partial charge in [-0.2, -0.15) is 5.26 Å². The van der Waals surface area contributed by atoms with Gasteiger partial charge in [-0.15, -0.1) is 0 Å². The number of ether oxygens (including phenoxy) is 1. The summed E-state index contributed by atoms with van der Waals surface area (Å²) in [5.41, 5.74) is 8.18. The quantitative estimate of drug-likeness (QED) is 0.885. The van der Waals surface area contributed by atoms with Crippen LogP contribution in [0.5, 0.6) is 5.75 Å². The van der Waals surface area contributed by atoms with Crippen molar-refractivity contribution in [2.75, 3.05) is 6.61 Å². The van der Waals surface area contributed by atoms with Crippen LogP contribution in [0.25, 0.3) is 0 Å². The maximum Gasteiger partial charge on any atom is 0.122 e. The largest absolute Gasteiger partial charge is 0.493 e.